The van der Waals surface area contributed by atoms with Gasteiger partial charge in [-0.15, -0.1) is 0 Å². The highest BCUT2D eigenvalue weighted by molar-refractivity contribution is 5.75. The topological polar surface area (TPSA) is 93.9 Å². The molecule has 0 aliphatic rings. The quantitative estimate of drug-likeness (QED) is 0.325. The van der Waals surface area contributed by atoms with Crippen molar-refractivity contribution in [3.05, 3.63) is 0 Å². The van der Waals surface area contributed by atoms with Gasteiger partial charge in [-0.3, -0.25) is 0 Å². The number of aliphatic hydroxyl groups excluding tert-OH is 1. The number of guanidine groups is 1. The minimum Gasteiger partial charge on any atom is -0.394 e. The summed E-state index contributed by atoms with van der Waals surface area (Å²) < 4.78 is 4.72. The molecule has 1 unspecified atom stereocenters. The van der Waals surface area contributed by atoms with Crippen LogP contribution < -0.4 is 11.5 Å². The average Bonchev–Trinajstić information content (AvgIpc) is 1.86. The van der Waals surface area contributed by atoms with Crippen molar-refractivity contribution in [3.63, 3.8) is 0 Å². The second-order valence-electron chi connectivity index (χ2n) is 1.85. The van der Waals surface area contributed by atoms with Crippen molar-refractivity contribution in [1.29, 1.82) is 0 Å². The molecule has 0 aliphatic heterocycles. The van der Waals surface area contributed by atoms with Crippen LogP contribution >= 0.6 is 0 Å². The Balaban J connectivity index is 3.71. The largest absolute Gasteiger partial charge is 0.394 e. The second kappa shape index (κ2) is 5.01. The highest BCUT2D eigenvalue weighted by atomic mass is 16.5. The molecule has 0 saturated heterocycles. The lowest BCUT2D eigenvalue weighted by Crippen LogP contribution is -2.28. The van der Waals surface area contributed by atoms with Gasteiger partial charge in [-0.1, -0.05) is 0 Å². The lowest BCUT2D eigenvalue weighted by Gasteiger charge is -2.06. The van der Waals surface area contributed by atoms with Gasteiger partial charge in [-0.25, -0.2) is 4.99 Å². The summed E-state index contributed by atoms with van der Waals surface area (Å²) in [7, 11) is 1.52. The van der Waals surface area contributed by atoms with Crippen LogP contribution in [-0.2, 0) is 4.74 Å². The first-order valence-corrected chi connectivity index (χ1v) is 2.89. The number of ether oxygens (including phenoxy) is 1. The van der Waals surface area contributed by atoms with Crippen LogP contribution in [0.3, 0.4) is 0 Å². The van der Waals surface area contributed by atoms with E-state index < -0.39 is 0 Å². The van der Waals surface area contributed by atoms with Crippen molar-refractivity contribution < 1.29 is 9.84 Å². The first-order valence-electron chi connectivity index (χ1n) is 2.89. The molecule has 0 spiro atoms. The molecule has 60 valence electrons. The molecular formula is C5H13N3O2. The monoisotopic (exact) mass is 147 g/mol. The molecule has 5 heteroatoms. The van der Waals surface area contributed by atoms with Crippen molar-refractivity contribution in [2.75, 3.05) is 20.3 Å². The van der Waals surface area contributed by atoms with E-state index in [4.69, 9.17) is 21.3 Å². The Morgan fingerprint density at radius 3 is 2.60 bits per heavy atom. The Morgan fingerprint density at radius 2 is 2.30 bits per heavy atom. The summed E-state index contributed by atoms with van der Waals surface area (Å²) in [6.07, 6.45) is 0. The number of nitrogens with two attached hydrogens (primary N) is 2. The number of methoxy groups -OCH3 is 1. The van der Waals surface area contributed by atoms with Gasteiger partial charge in [0, 0.05) is 7.11 Å². The molecule has 0 aromatic carbocycles. The fourth-order valence-electron chi connectivity index (χ4n) is 0.534. The van der Waals surface area contributed by atoms with Crippen molar-refractivity contribution in [2.45, 2.75) is 6.04 Å². The zero-order valence-electron chi connectivity index (χ0n) is 5.95. The SMILES string of the molecule is COCC(CO)N=C(N)N. The van der Waals surface area contributed by atoms with Crippen molar-refractivity contribution in [3.8, 4) is 0 Å². The van der Waals surface area contributed by atoms with Gasteiger partial charge >= 0.3 is 0 Å². The van der Waals surface area contributed by atoms with Crippen LogP contribution in [0.5, 0.6) is 0 Å². The highest BCUT2D eigenvalue weighted by Crippen LogP contribution is 1.88. The zero-order chi connectivity index (χ0) is 7.98. The molecule has 0 fully saturated rings. The normalized spacial score (nSPS) is 12.6. The van der Waals surface area contributed by atoms with E-state index in [0.717, 1.165) is 0 Å². The third-order valence-corrected chi connectivity index (χ3v) is 0.901. The van der Waals surface area contributed by atoms with E-state index in [1.54, 1.807) is 0 Å². The zero-order valence-corrected chi connectivity index (χ0v) is 5.95. The van der Waals surface area contributed by atoms with Crippen LogP contribution in [0.2, 0.25) is 0 Å². The maximum Gasteiger partial charge on any atom is 0.186 e. The Bertz CT molecular complexity index is 111. The minimum absolute atomic E-state index is 0.0314. The molecular weight excluding hydrogens is 134 g/mol. The van der Waals surface area contributed by atoms with Crippen LogP contribution in [-0.4, -0.2) is 37.4 Å². The highest BCUT2D eigenvalue weighted by Gasteiger charge is 2.02. The summed E-state index contributed by atoms with van der Waals surface area (Å²) in [4.78, 5) is 3.68. The van der Waals surface area contributed by atoms with E-state index in [0.29, 0.717) is 6.61 Å². The van der Waals surface area contributed by atoms with Gasteiger partial charge in [0.15, 0.2) is 5.96 Å². The number of hydrogen-bond donors (Lipinski definition) is 3. The molecule has 0 aromatic heterocycles. The van der Waals surface area contributed by atoms with E-state index >= 15 is 0 Å². The molecule has 0 rings (SSSR count). The first-order chi connectivity index (χ1) is 4.70. The minimum atomic E-state index is -0.338. The second-order valence-corrected chi connectivity index (χ2v) is 1.85. The van der Waals surface area contributed by atoms with E-state index in [1.807, 2.05) is 0 Å². The van der Waals surface area contributed by atoms with Gasteiger partial charge in [0.1, 0.15) is 6.04 Å². The molecule has 0 heterocycles. The fraction of sp³-hybridized carbons (Fsp3) is 0.800. The molecule has 1 atom stereocenters. The van der Waals surface area contributed by atoms with Crippen LogP contribution in [0, 0.1) is 0 Å². The van der Waals surface area contributed by atoms with Crippen LogP contribution in [0.4, 0.5) is 0 Å². The van der Waals surface area contributed by atoms with Crippen molar-refractivity contribution in [1.82, 2.24) is 0 Å². The summed E-state index contributed by atoms with van der Waals surface area (Å²) >= 11 is 0. The Hall–Kier alpha value is -0.810. The summed E-state index contributed by atoms with van der Waals surface area (Å²) in [6.45, 7) is 0.222. The first kappa shape index (κ1) is 9.19. The molecule has 10 heavy (non-hydrogen) atoms. The number of rotatable bonds is 4. The molecule has 0 aromatic rings. The van der Waals surface area contributed by atoms with Gasteiger partial charge in [0.25, 0.3) is 0 Å². The van der Waals surface area contributed by atoms with Gasteiger partial charge in [0.05, 0.1) is 13.2 Å². The predicted octanol–water partition coefficient (Wildman–Crippen LogP) is -1.73. The smallest absolute Gasteiger partial charge is 0.186 e. The van der Waals surface area contributed by atoms with Crippen LogP contribution in [0.25, 0.3) is 0 Å². The van der Waals surface area contributed by atoms with Crippen LogP contribution in [0.1, 0.15) is 0 Å². The Morgan fingerprint density at radius 1 is 1.70 bits per heavy atom. The van der Waals surface area contributed by atoms with Gasteiger partial charge in [-0.05, 0) is 0 Å². The predicted molar refractivity (Wildman–Crippen MR) is 38.6 cm³/mol. The third-order valence-electron chi connectivity index (χ3n) is 0.901. The summed E-state index contributed by atoms with van der Waals surface area (Å²) in [5.41, 5.74) is 10.1. The van der Waals surface area contributed by atoms with E-state index in [-0.39, 0.29) is 18.6 Å². The van der Waals surface area contributed by atoms with Crippen molar-refractivity contribution >= 4 is 5.96 Å². The van der Waals surface area contributed by atoms with Gasteiger partial charge in [0.2, 0.25) is 0 Å². The molecule has 0 amide bonds. The number of nitrogens with zero attached hydrogens (tertiary/aromatic N) is 1. The summed E-state index contributed by atoms with van der Waals surface area (Å²) in [6, 6.07) is -0.338. The maximum absolute atomic E-state index is 8.61. The van der Waals surface area contributed by atoms with E-state index in [1.165, 1.54) is 7.11 Å². The molecule has 0 saturated carbocycles. The number of aliphatic hydroxyl groups is 1. The lowest BCUT2D eigenvalue weighted by atomic mass is 10.3. The Labute approximate surface area is 59.7 Å². The average molecular weight is 147 g/mol. The lowest BCUT2D eigenvalue weighted by molar-refractivity contribution is 0.146. The van der Waals surface area contributed by atoms with Crippen LogP contribution in [0.15, 0.2) is 4.99 Å². The summed E-state index contributed by atoms with van der Waals surface area (Å²) in [5.74, 6) is -0.0314. The third kappa shape index (κ3) is 4.11. The van der Waals surface area contributed by atoms with E-state index in [9.17, 15) is 0 Å². The fourth-order valence-corrected chi connectivity index (χ4v) is 0.534. The van der Waals surface area contributed by atoms with Gasteiger partial charge < -0.3 is 21.3 Å². The standard InChI is InChI=1S/C5H13N3O2/c1-10-3-4(2-9)8-5(6)7/h4,9H,2-3H2,1H3,(H4,6,7,8). The Kier molecular flexibility index (Phi) is 4.61. The maximum atomic E-state index is 8.61. The molecule has 5 nitrogen and oxygen atoms in total. The van der Waals surface area contributed by atoms with Crippen molar-refractivity contribution in [2.24, 2.45) is 16.5 Å². The van der Waals surface area contributed by atoms with E-state index in [2.05, 4.69) is 4.99 Å². The molecule has 5 N–H and O–H groups in total. The number of hydrogen-bond acceptors (Lipinski definition) is 3. The van der Waals surface area contributed by atoms with Gasteiger partial charge in [-0.2, -0.15) is 0 Å². The number of aliphatic imine (C=N–C) groups is 1. The molecule has 0 aliphatic carbocycles. The summed E-state index contributed by atoms with van der Waals surface area (Å²) in [5, 5.41) is 8.61. The molecule has 0 bridgehead atoms. The molecule has 0 radical (unpaired) electrons.